The van der Waals surface area contributed by atoms with Crippen molar-refractivity contribution >= 4 is 28.9 Å². The van der Waals surface area contributed by atoms with Crippen molar-refractivity contribution in [3.8, 4) is 0 Å². The van der Waals surface area contributed by atoms with E-state index >= 15 is 0 Å². The average Bonchev–Trinajstić information content (AvgIpc) is 3.31. The first-order valence-electron chi connectivity index (χ1n) is 11.4. The molecular weight excluding hydrogens is 403 g/mol. The van der Waals surface area contributed by atoms with Gasteiger partial charge in [-0.3, -0.25) is 4.79 Å². The van der Waals surface area contributed by atoms with Gasteiger partial charge in [-0.05, 0) is 67.7 Å². The summed E-state index contributed by atoms with van der Waals surface area (Å²) in [6, 6.07) is 14.6. The van der Waals surface area contributed by atoms with Crippen LogP contribution in [0.4, 0.5) is 15.8 Å². The van der Waals surface area contributed by atoms with E-state index in [2.05, 4.69) is 29.7 Å². The molecule has 2 aliphatic rings. The highest BCUT2D eigenvalue weighted by molar-refractivity contribution is 6.34. The van der Waals surface area contributed by atoms with Crippen LogP contribution in [-0.2, 0) is 17.6 Å². The normalized spacial score (nSPS) is 17.1. The summed E-state index contributed by atoms with van der Waals surface area (Å²) in [5, 5.41) is 6.53. The predicted molar refractivity (Wildman–Crippen MR) is 126 cm³/mol. The van der Waals surface area contributed by atoms with Crippen LogP contribution in [0.15, 0.2) is 52.9 Å². The minimum atomic E-state index is -0.361. The molecule has 0 saturated carbocycles. The quantitative estimate of drug-likeness (QED) is 0.426. The van der Waals surface area contributed by atoms with Crippen molar-refractivity contribution in [2.45, 2.75) is 51.5 Å². The molecule has 1 unspecified atom stereocenters. The molecular formula is C27H27FN2O2. The number of hydrogen-bond donors (Lipinski definition) is 2. The molecule has 3 aromatic rings. The van der Waals surface area contributed by atoms with Crippen molar-refractivity contribution in [1.82, 2.24) is 0 Å². The number of benzene rings is 2. The number of nitrogens with one attached hydrogen (secondary N) is 2. The monoisotopic (exact) mass is 430 g/mol. The number of aryl methyl sites for hydroxylation is 1. The third kappa shape index (κ3) is 3.83. The topological polar surface area (TPSA) is 54.3 Å². The van der Waals surface area contributed by atoms with Crippen LogP contribution in [0.25, 0.3) is 11.6 Å². The van der Waals surface area contributed by atoms with Crippen molar-refractivity contribution in [2.75, 3.05) is 10.6 Å². The van der Waals surface area contributed by atoms with Crippen LogP contribution in [0.3, 0.4) is 0 Å². The number of hydrogen-bond acceptors (Lipinski definition) is 3. The van der Waals surface area contributed by atoms with Crippen LogP contribution in [0, 0.1) is 5.82 Å². The van der Waals surface area contributed by atoms with Gasteiger partial charge in [-0.25, -0.2) is 4.39 Å². The Balaban J connectivity index is 1.62. The van der Waals surface area contributed by atoms with Gasteiger partial charge in [-0.15, -0.1) is 0 Å². The molecule has 4 nitrogen and oxygen atoms in total. The second-order valence-corrected chi connectivity index (χ2v) is 8.54. The number of anilines is 2. The fraction of sp³-hybridized carbons (Fsp3) is 0.296. The van der Waals surface area contributed by atoms with Gasteiger partial charge in [0.2, 0.25) is 0 Å². The Morgan fingerprint density at radius 3 is 2.78 bits per heavy atom. The van der Waals surface area contributed by atoms with Crippen LogP contribution >= 0.6 is 0 Å². The standard InChI is InChI=1S/C27H27FN2O2/c1-2-8-23(29-18-9-4-3-5-10-18)26-19-11-6-7-12-24(19)32-25(26)16-21-20-15-17(28)13-14-22(20)30-27(21)31/h3-5,9-10,13-16,23,29H,2,6-8,11-12H2,1H3,(H,30,31). The highest BCUT2D eigenvalue weighted by Crippen LogP contribution is 2.40. The molecule has 1 aromatic heterocycles. The zero-order valence-electron chi connectivity index (χ0n) is 18.2. The smallest absolute Gasteiger partial charge is 0.256 e. The molecule has 1 aliphatic carbocycles. The van der Waals surface area contributed by atoms with Crippen molar-refractivity contribution in [1.29, 1.82) is 0 Å². The third-order valence-corrected chi connectivity index (χ3v) is 6.32. The zero-order valence-corrected chi connectivity index (χ0v) is 18.2. The number of halogens is 1. The van der Waals surface area contributed by atoms with E-state index in [-0.39, 0.29) is 17.8 Å². The second-order valence-electron chi connectivity index (χ2n) is 8.54. The molecule has 5 heteroatoms. The van der Waals surface area contributed by atoms with E-state index < -0.39 is 0 Å². The molecule has 0 radical (unpaired) electrons. The lowest BCUT2D eigenvalue weighted by molar-refractivity contribution is -0.110. The van der Waals surface area contributed by atoms with Crippen LogP contribution in [0.2, 0.25) is 0 Å². The van der Waals surface area contributed by atoms with Crippen molar-refractivity contribution in [2.24, 2.45) is 0 Å². The first kappa shape index (κ1) is 20.6. The molecule has 1 amide bonds. The minimum absolute atomic E-state index is 0.0660. The van der Waals surface area contributed by atoms with Crippen LogP contribution in [-0.4, -0.2) is 5.91 Å². The SMILES string of the molecule is CCCC(Nc1ccccc1)c1c(C=C2C(=O)Nc3ccc(F)cc32)oc2c1CCCC2. The maximum atomic E-state index is 13.9. The maximum absolute atomic E-state index is 13.9. The molecule has 0 fully saturated rings. The van der Waals surface area contributed by atoms with Crippen LogP contribution in [0.1, 0.15) is 66.9 Å². The van der Waals surface area contributed by atoms with Gasteiger partial charge in [0.15, 0.2) is 0 Å². The Morgan fingerprint density at radius 1 is 1.16 bits per heavy atom. The van der Waals surface area contributed by atoms with Gasteiger partial charge in [0.1, 0.15) is 17.3 Å². The summed E-state index contributed by atoms with van der Waals surface area (Å²) in [5.41, 5.74) is 5.12. The largest absolute Gasteiger partial charge is 0.461 e. The lowest BCUT2D eigenvalue weighted by Crippen LogP contribution is -2.14. The molecule has 1 atom stereocenters. The van der Waals surface area contributed by atoms with Crippen LogP contribution in [0.5, 0.6) is 0 Å². The fourth-order valence-corrected chi connectivity index (χ4v) is 4.85. The summed E-state index contributed by atoms with van der Waals surface area (Å²) in [7, 11) is 0. The highest BCUT2D eigenvalue weighted by Gasteiger charge is 2.30. The van der Waals surface area contributed by atoms with Crippen LogP contribution < -0.4 is 10.6 Å². The summed E-state index contributed by atoms with van der Waals surface area (Å²) in [4.78, 5) is 12.7. The third-order valence-electron chi connectivity index (χ3n) is 6.32. The molecule has 32 heavy (non-hydrogen) atoms. The highest BCUT2D eigenvalue weighted by atomic mass is 19.1. The fourth-order valence-electron chi connectivity index (χ4n) is 4.85. The Kier molecular flexibility index (Phi) is 5.56. The number of carbonyl (C=O) groups excluding carboxylic acids is 1. The zero-order chi connectivity index (χ0) is 22.1. The van der Waals surface area contributed by atoms with Gasteiger partial charge in [-0.1, -0.05) is 31.5 Å². The van der Waals surface area contributed by atoms with Gasteiger partial charge >= 0.3 is 0 Å². The van der Waals surface area contributed by atoms with E-state index in [1.54, 1.807) is 6.07 Å². The van der Waals surface area contributed by atoms with E-state index in [0.717, 1.165) is 55.5 Å². The first-order valence-corrected chi connectivity index (χ1v) is 11.4. The van der Waals surface area contributed by atoms with Gasteiger partial charge < -0.3 is 15.1 Å². The molecule has 2 heterocycles. The predicted octanol–water partition coefficient (Wildman–Crippen LogP) is 6.74. The number of carbonyl (C=O) groups is 1. The Labute approximate surface area is 187 Å². The van der Waals surface area contributed by atoms with Gasteiger partial charge in [0.05, 0.1) is 11.6 Å². The Bertz CT molecular complexity index is 1180. The number of rotatable bonds is 6. The second kappa shape index (κ2) is 8.65. The van der Waals surface area contributed by atoms with Gasteiger partial charge in [-0.2, -0.15) is 0 Å². The average molecular weight is 431 g/mol. The van der Waals surface area contributed by atoms with Gasteiger partial charge in [0, 0.05) is 28.9 Å². The minimum Gasteiger partial charge on any atom is -0.461 e. The first-order chi connectivity index (χ1) is 15.6. The summed E-state index contributed by atoms with van der Waals surface area (Å²) < 4.78 is 20.3. The lowest BCUT2D eigenvalue weighted by atomic mass is 9.89. The Hall–Kier alpha value is -3.34. The van der Waals surface area contributed by atoms with E-state index in [9.17, 15) is 9.18 Å². The van der Waals surface area contributed by atoms with Crippen molar-refractivity contribution < 1.29 is 13.6 Å². The molecule has 5 rings (SSSR count). The number of para-hydroxylation sites is 1. The van der Waals surface area contributed by atoms with E-state index in [4.69, 9.17) is 4.42 Å². The molecule has 1 aliphatic heterocycles. The van der Waals surface area contributed by atoms with E-state index in [0.29, 0.717) is 22.6 Å². The summed E-state index contributed by atoms with van der Waals surface area (Å²) in [5.74, 6) is 1.14. The molecule has 0 spiro atoms. The summed E-state index contributed by atoms with van der Waals surface area (Å²) >= 11 is 0. The molecule has 0 bridgehead atoms. The number of amides is 1. The summed E-state index contributed by atoms with van der Waals surface area (Å²) in [6.45, 7) is 2.17. The van der Waals surface area contributed by atoms with E-state index in [1.165, 1.54) is 17.7 Å². The van der Waals surface area contributed by atoms with Crippen molar-refractivity contribution in [3.63, 3.8) is 0 Å². The molecule has 2 N–H and O–H groups in total. The Morgan fingerprint density at radius 2 is 1.97 bits per heavy atom. The summed E-state index contributed by atoms with van der Waals surface area (Å²) in [6.07, 6.45) is 7.88. The number of fused-ring (bicyclic) bond motifs is 2. The number of furan rings is 1. The molecule has 2 aromatic carbocycles. The van der Waals surface area contributed by atoms with Crippen molar-refractivity contribution in [3.05, 3.63) is 82.6 Å². The molecule has 164 valence electrons. The lowest BCUT2D eigenvalue weighted by Gasteiger charge is -2.22. The maximum Gasteiger partial charge on any atom is 0.256 e. The van der Waals surface area contributed by atoms with E-state index in [1.807, 2.05) is 24.3 Å². The molecule has 0 saturated heterocycles. The van der Waals surface area contributed by atoms with Gasteiger partial charge in [0.25, 0.3) is 5.91 Å².